The van der Waals surface area contributed by atoms with Crippen molar-refractivity contribution in [2.45, 2.75) is 46.1 Å². The van der Waals surface area contributed by atoms with Crippen molar-refractivity contribution in [3.8, 4) is 0 Å². The molecule has 2 rings (SSSR count). The summed E-state index contributed by atoms with van der Waals surface area (Å²) in [6, 6.07) is 5.22. The van der Waals surface area contributed by atoms with Crippen LogP contribution in [0.25, 0.3) is 0 Å². The Hall–Kier alpha value is -1.40. The first-order valence-electron chi connectivity index (χ1n) is 7.06. The fraction of sp³-hybridized carbons (Fsp3) is 0.533. The Morgan fingerprint density at radius 2 is 1.95 bits per heavy atom. The minimum absolute atomic E-state index is 0.00871. The Bertz CT molecular complexity index is 660. The van der Waals surface area contributed by atoms with E-state index in [-0.39, 0.29) is 5.78 Å². The summed E-state index contributed by atoms with van der Waals surface area (Å²) in [6.45, 7) is 7.41. The van der Waals surface area contributed by atoms with Gasteiger partial charge in [0.2, 0.25) is 0 Å². The minimum atomic E-state index is -3.59. The molecular weight excluding hydrogens is 288 g/mol. The molecule has 0 saturated heterocycles. The molecule has 0 spiro atoms. The van der Waals surface area contributed by atoms with Crippen molar-refractivity contribution in [2.75, 3.05) is 10.8 Å². The van der Waals surface area contributed by atoms with Gasteiger partial charge in [0.1, 0.15) is 0 Å². The van der Waals surface area contributed by atoms with Crippen LogP contribution in [0.15, 0.2) is 18.2 Å². The largest absolute Gasteiger partial charge is 0.302 e. The number of aryl methyl sites for hydroxylation is 1. The summed E-state index contributed by atoms with van der Waals surface area (Å²) < 4.78 is 29.1. The van der Waals surface area contributed by atoms with Gasteiger partial charge in [0.15, 0.2) is 5.78 Å². The van der Waals surface area contributed by atoms with Gasteiger partial charge in [-0.15, -0.1) is 0 Å². The first-order valence-corrected chi connectivity index (χ1v) is 8.50. The second-order valence-corrected chi connectivity index (χ2v) is 8.03. The van der Waals surface area contributed by atoms with Crippen LogP contribution in [0.1, 0.15) is 50.0 Å². The maximum atomic E-state index is 12.5. The van der Waals surface area contributed by atoms with Crippen LogP contribution in [0.5, 0.6) is 0 Å². The van der Waals surface area contributed by atoms with Crippen LogP contribution in [0.2, 0.25) is 0 Å². The van der Waals surface area contributed by atoms with E-state index in [1.54, 1.807) is 18.2 Å². The number of anilines is 1. The molecule has 1 heterocycles. The molecule has 1 aliphatic rings. The van der Waals surface area contributed by atoms with E-state index in [0.717, 1.165) is 18.4 Å². The standard InChI is InChI=1S/C15H22N2O3S/c1-11(18)12-7-8-14-13(10-12)6-5-9-17(14)21(19,20)16-15(2,3)4/h7-8,10,16H,5-6,9H2,1-4H3. The fourth-order valence-corrected chi connectivity index (χ4v) is 4.16. The van der Waals surface area contributed by atoms with E-state index in [0.29, 0.717) is 17.8 Å². The van der Waals surface area contributed by atoms with Gasteiger partial charge in [0.05, 0.1) is 5.69 Å². The van der Waals surface area contributed by atoms with Gasteiger partial charge in [0.25, 0.3) is 0 Å². The predicted octanol–water partition coefficient (Wildman–Crippen LogP) is 2.27. The highest BCUT2D eigenvalue weighted by Gasteiger charge is 2.30. The molecule has 0 bridgehead atoms. The SMILES string of the molecule is CC(=O)c1ccc2c(c1)CCCN2S(=O)(=O)NC(C)(C)C. The Balaban J connectivity index is 2.41. The number of hydrogen-bond donors (Lipinski definition) is 1. The fourth-order valence-electron chi connectivity index (χ4n) is 2.47. The van der Waals surface area contributed by atoms with E-state index in [1.807, 2.05) is 20.8 Å². The summed E-state index contributed by atoms with van der Waals surface area (Å²) in [4.78, 5) is 11.5. The monoisotopic (exact) mass is 310 g/mol. The number of ketones is 1. The number of carbonyl (C=O) groups is 1. The van der Waals surface area contributed by atoms with E-state index in [9.17, 15) is 13.2 Å². The van der Waals surface area contributed by atoms with Crippen LogP contribution in [0.3, 0.4) is 0 Å². The Kier molecular flexibility index (Phi) is 4.13. The van der Waals surface area contributed by atoms with Crippen LogP contribution in [-0.2, 0) is 16.6 Å². The van der Waals surface area contributed by atoms with Crippen molar-refractivity contribution >= 4 is 21.7 Å². The number of hydrogen-bond acceptors (Lipinski definition) is 3. The number of carbonyl (C=O) groups excluding carboxylic acids is 1. The van der Waals surface area contributed by atoms with Gasteiger partial charge in [-0.25, -0.2) is 0 Å². The van der Waals surface area contributed by atoms with Crippen LogP contribution in [0.4, 0.5) is 5.69 Å². The first-order chi connectivity index (χ1) is 9.60. The van der Waals surface area contributed by atoms with Gasteiger partial charge >= 0.3 is 10.2 Å². The molecule has 0 unspecified atom stereocenters. The van der Waals surface area contributed by atoms with Crippen LogP contribution >= 0.6 is 0 Å². The number of rotatable bonds is 3. The molecule has 21 heavy (non-hydrogen) atoms. The molecule has 1 N–H and O–H groups in total. The maximum absolute atomic E-state index is 12.5. The normalized spacial score (nSPS) is 15.7. The molecule has 0 radical (unpaired) electrons. The van der Waals surface area contributed by atoms with Crippen molar-refractivity contribution < 1.29 is 13.2 Å². The molecule has 1 aromatic rings. The Morgan fingerprint density at radius 1 is 1.29 bits per heavy atom. The third-order valence-electron chi connectivity index (χ3n) is 3.29. The van der Waals surface area contributed by atoms with Gasteiger partial charge in [-0.1, -0.05) is 0 Å². The summed E-state index contributed by atoms with van der Waals surface area (Å²) in [6.07, 6.45) is 1.54. The van der Waals surface area contributed by atoms with Gasteiger partial charge in [-0.05, 0) is 64.3 Å². The molecule has 0 atom stereocenters. The van der Waals surface area contributed by atoms with Crippen LogP contribution < -0.4 is 9.03 Å². The van der Waals surface area contributed by atoms with Crippen LogP contribution in [0, 0.1) is 0 Å². The number of fused-ring (bicyclic) bond motifs is 1. The molecular formula is C15H22N2O3S. The molecule has 0 amide bonds. The summed E-state index contributed by atoms with van der Waals surface area (Å²) in [5, 5.41) is 0. The lowest BCUT2D eigenvalue weighted by Crippen LogP contribution is -2.50. The van der Waals surface area contributed by atoms with Gasteiger partial charge < -0.3 is 0 Å². The average molecular weight is 310 g/mol. The van der Waals surface area contributed by atoms with Gasteiger partial charge in [-0.2, -0.15) is 13.1 Å². The Morgan fingerprint density at radius 3 is 2.52 bits per heavy atom. The second-order valence-electron chi connectivity index (χ2n) is 6.43. The van der Waals surface area contributed by atoms with Crippen molar-refractivity contribution in [1.82, 2.24) is 4.72 Å². The molecule has 0 saturated carbocycles. The number of nitrogens with zero attached hydrogens (tertiary/aromatic N) is 1. The lowest BCUT2D eigenvalue weighted by atomic mass is 9.99. The van der Waals surface area contributed by atoms with E-state index in [2.05, 4.69) is 4.72 Å². The predicted molar refractivity (Wildman–Crippen MR) is 83.9 cm³/mol. The molecule has 1 aromatic carbocycles. The average Bonchev–Trinajstić information content (AvgIpc) is 2.34. The lowest BCUT2D eigenvalue weighted by molar-refractivity contribution is 0.101. The number of Topliss-reactive ketones (excluding diaryl/α,β-unsaturated/α-hetero) is 1. The second kappa shape index (κ2) is 5.42. The third-order valence-corrected chi connectivity index (χ3v) is 5.12. The van der Waals surface area contributed by atoms with Crippen molar-refractivity contribution in [3.05, 3.63) is 29.3 Å². The van der Waals surface area contributed by atoms with Crippen LogP contribution in [-0.4, -0.2) is 26.3 Å². The molecule has 116 valence electrons. The zero-order valence-electron chi connectivity index (χ0n) is 12.9. The van der Waals surface area contributed by atoms with Gasteiger partial charge in [0, 0.05) is 17.6 Å². The topological polar surface area (TPSA) is 66.5 Å². The molecule has 0 fully saturated rings. The van der Waals surface area contributed by atoms with E-state index in [1.165, 1.54) is 11.2 Å². The van der Waals surface area contributed by atoms with Crippen molar-refractivity contribution in [2.24, 2.45) is 0 Å². The summed E-state index contributed by atoms with van der Waals surface area (Å²) in [7, 11) is -3.59. The smallest absolute Gasteiger partial charge is 0.295 e. The van der Waals surface area contributed by atoms with Crippen molar-refractivity contribution in [1.29, 1.82) is 0 Å². The molecule has 5 nitrogen and oxygen atoms in total. The highest BCUT2D eigenvalue weighted by atomic mass is 32.2. The third kappa shape index (κ3) is 3.63. The molecule has 1 aliphatic heterocycles. The molecule has 6 heteroatoms. The summed E-state index contributed by atoms with van der Waals surface area (Å²) >= 11 is 0. The first kappa shape index (κ1) is 16.0. The van der Waals surface area contributed by atoms with E-state index >= 15 is 0 Å². The highest BCUT2D eigenvalue weighted by molar-refractivity contribution is 7.90. The van der Waals surface area contributed by atoms with E-state index in [4.69, 9.17) is 0 Å². The summed E-state index contributed by atoms with van der Waals surface area (Å²) in [5.74, 6) is -0.00871. The van der Waals surface area contributed by atoms with Gasteiger partial charge in [-0.3, -0.25) is 9.10 Å². The Labute approximate surface area is 126 Å². The molecule has 0 aliphatic carbocycles. The number of benzene rings is 1. The number of nitrogens with one attached hydrogen (secondary N) is 1. The zero-order valence-corrected chi connectivity index (χ0v) is 13.8. The summed E-state index contributed by atoms with van der Waals surface area (Å²) in [5.41, 5.74) is 1.67. The minimum Gasteiger partial charge on any atom is -0.295 e. The van der Waals surface area contributed by atoms with Crippen molar-refractivity contribution in [3.63, 3.8) is 0 Å². The molecule has 0 aromatic heterocycles. The quantitative estimate of drug-likeness (QED) is 0.871. The zero-order chi connectivity index (χ0) is 15.8. The highest BCUT2D eigenvalue weighted by Crippen LogP contribution is 2.30. The van der Waals surface area contributed by atoms with E-state index < -0.39 is 15.7 Å². The maximum Gasteiger partial charge on any atom is 0.302 e. The lowest BCUT2D eigenvalue weighted by Gasteiger charge is -2.33.